The number of hydrogen-bond donors (Lipinski definition) is 2. The standard InChI is InChI=1S/C7H14N4/c1-11-7(4-6-10-11)3-2-5-9-8/h4,6,9H,2-3,5,8H2,1H3. The van der Waals surface area contributed by atoms with Gasteiger partial charge in [-0.05, 0) is 18.9 Å². The average Bonchev–Trinajstić information content (AvgIpc) is 2.37. The van der Waals surface area contributed by atoms with Crippen molar-refractivity contribution < 1.29 is 0 Å². The number of aryl methyl sites for hydroxylation is 2. The molecule has 4 heteroatoms. The quantitative estimate of drug-likeness (QED) is 0.359. The lowest BCUT2D eigenvalue weighted by Gasteiger charge is -2.00. The van der Waals surface area contributed by atoms with E-state index < -0.39 is 0 Å². The minimum atomic E-state index is 0.852. The van der Waals surface area contributed by atoms with E-state index >= 15 is 0 Å². The summed E-state index contributed by atoms with van der Waals surface area (Å²) in [5.41, 5.74) is 3.87. The topological polar surface area (TPSA) is 55.9 Å². The molecule has 0 amide bonds. The van der Waals surface area contributed by atoms with Crippen molar-refractivity contribution in [2.45, 2.75) is 12.8 Å². The van der Waals surface area contributed by atoms with E-state index in [2.05, 4.69) is 10.5 Å². The van der Waals surface area contributed by atoms with Crippen LogP contribution in [0.5, 0.6) is 0 Å². The summed E-state index contributed by atoms with van der Waals surface area (Å²) in [7, 11) is 1.95. The van der Waals surface area contributed by atoms with Gasteiger partial charge in [0.25, 0.3) is 0 Å². The van der Waals surface area contributed by atoms with Crippen molar-refractivity contribution in [1.29, 1.82) is 0 Å². The predicted octanol–water partition coefficient (Wildman–Crippen LogP) is -0.184. The van der Waals surface area contributed by atoms with Gasteiger partial charge in [-0.1, -0.05) is 0 Å². The van der Waals surface area contributed by atoms with E-state index in [9.17, 15) is 0 Å². The molecule has 1 aromatic rings. The predicted molar refractivity (Wildman–Crippen MR) is 43.7 cm³/mol. The monoisotopic (exact) mass is 154 g/mol. The fourth-order valence-electron chi connectivity index (χ4n) is 1.02. The van der Waals surface area contributed by atoms with Gasteiger partial charge in [-0.2, -0.15) is 5.10 Å². The van der Waals surface area contributed by atoms with Gasteiger partial charge >= 0.3 is 0 Å². The molecule has 0 aliphatic carbocycles. The van der Waals surface area contributed by atoms with E-state index in [1.807, 2.05) is 24.0 Å². The van der Waals surface area contributed by atoms with Crippen LogP contribution in [0.3, 0.4) is 0 Å². The highest BCUT2D eigenvalue weighted by Gasteiger charge is 1.96. The van der Waals surface area contributed by atoms with Crippen molar-refractivity contribution in [3.05, 3.63) is 18.0 Å². The second kappa shape index (κ2) is 4.10. The Hall–Kier alpha value is -0.870. The molecule has 1 heterocycles. The molecule has 0 saturated carbocycles. The lowest BCUT2D eigenvalue weighted by atomic mass is 10.2. The van der Waals surface area contributed by atoms with Crippen molar-refractivity contribution in [1.82, 2.24) is 15.2 Å². The van der Waals surface area contributed by atoms with Crippen molar-refractivity contribution in [2.75, 3.05) is 6.54 Å². The first kappa shape index (κ1) is 8.23. The normalized spacial score (nSPS) is 10.4. The lowest BCUT2D eigenvalue weighted by molar-refractivity contribution is 0.640. The van der Waals surface area contributed by atoms with Crippen LogP contribution in [0.1, 0.15) is 12.1 Å². The average molecular weight is 154 g/mol. The Morgan fingerprint density at radius 3 is 3.09 bits per heavy atom. The molecule has 0 aliphatic rings. The van der Waals surface area contributed by atoms with Gasteiger partial charge in [0.15, 0.2) is 0 Å². The Labute approximate surface area is 66.4 Å². The van der Waals surface area contributed by atoms with Crippen molar-refractivity contribution in [2.24, 2.45) is 12.9 Å². The SMILES string of the molecule is Cn1nccc1CCCNN. The molecule has 0 spiro atoms. The number of aromatic nitrogens is 2. The Bertz CT molecular complexity index is 206. The third-order valence-electron chi connectivity index (χ3n) is 1.68. The van der Waals surface area contributed by atoms with Gasteiger partial charge in [0.2, 0.25) is 0 Å². The molecule has 3 N–H and O–H groups in total. The summed E-state index contributed by atoms with van der Waals surface area (Å²) in [4.78, 5) is 0. The first-order valence-corrected chi connectivity index (χ1v) is 3.75. The zero-order valence-electron chi connectivity index (χ0n) is 6.75. The van der Waals surface area contributed by atoms with Crippen molar-refractivity contribution in [3.63, 3.8) is 0 Å². The maximum absolute atomic E-state index is 5.13. The van der Waals surface area contributed by atoms with Crippen molar-refractivity contribution in [3.8, 4) is 0 Å². The Kier molecular flexibility index (Phi) is 3.07. The van der Waals surface area contributed by atoms with Gasteiger partial charge in [-0.3, -0.25) is 16.0 Å². The Morgan fingerprint density at radius 2 is 2.55 bits per heavy atom. The summed E-state index contributed by atoms with van der Waals surface area (Å²) in [6, 6.07) is 2.02. The first-order valence-electron chi connectivity index (χ1n) is 3.75. The minimum Gasteiger partial charge on any atom is -0.273 e. The van der Waals surface area contributed by atoms with Gasteiger partial charge in [-0.25, -0.2) is 0 Å². The number of nitrogens with one attached hydrogen (secondary N) is 1. The van der Waals surface area contributed by atoms with Gasteiger partial charge in [0.1, 0.15) is 0 Å². The zero-order valence-corrected chi connectivity index (χ0v) is 6.75. The highest BCUT2D eigenvalue weighted by atomic mass is 15.3. The molecule has 1 aromatic heterocycles. The summed E-state index contributed by atoms with van der Waals surface area (Å²) < 4.78 is 1.89. The molecular weight excluding hydrogens is 140 g/mol. The van der Waals surface area contributed by atoms with E-state index in [1.165, 1.54) is 5.69 Å². The van der Waals surface area contributed by atoms with Crippen LogP contribution in [-0.4, -0.2) is 16.3 Å². The zero-order chi connectivity index (χ0) is 8.10. The van der Waals surface area contributed by atoms with Crippen molar-refractivity contribution >= 4 is 0 Å². The van der Waals surface area contributed by atoms with Crippen LogP contribution < -0.4 is 11.3 Å². The number of hydrazine groups is 1. The second-order valence-electron chi connectivity index (χ2n) is 2.50. The third kappa shape index (κ3) is 2.32. The second-order valence-corrected chi connectivity index (χ2v) is 2.50. The molecular formula is C7H14N4. The Morgan fingerprint density at radius 1 is 1.73 bits per heavy atom. The molecule has 1 rings (SSSR count). The molecule has 0 atom stereocenters. The fraction of sp³-hybridized carbons (Fsp3) is 0.571. The highest BCUT2D eigenvalue weighted by Crippen LogP contribution is 1.99. The molecule has 0 unspecified atom stereocenters. The molecule has 0 aromatic carbocycles. The highest BCUT2D eigenvalue weighted by molar-refractivity contribution is 4.99. The molecule has 0 fully saturated rings. The number of rotatable bonds is 4. The molecule has 0 radical (unpaired) electrons. The van der Waals surface area contributed by atoms with E-state index in [-0.39, 0.29) is 0 Å². The van der Waals surface area contributed by atoms with Crippen LogP contribution in [0.4, 0.5) is 0 Å². The van der Waals surface area contributed by atoms with E-state index in [1.54, 1.807) is 0 Å². The molecule has 0 bridgehead atoms. The minimum absolute atomic E-state index is 0.852. The number of nitrogens with two attached hydrogens (primary N) is 1. The van der Waals surface area contributed by atoms with Gasteiger partial charge in [0.05, 0.1) is 0 Å². The fourth-order valence-corrected chi connectivity index (χ4v) is 1.02. The lowest BCUT2D eigenvalue weighted by Crippen LogP contribution is -2.23. The maximum atomic E-state index is 5.13. The van der Waals surface area contributed by atoms with Crippen LogP contribution in [0.25, 0.3) is 0 Å². The third-order valence-corrected chi connectivity index (χ3v) is 1.68. The van der Waals surface area contributed by atoms with E-state index in [0.29, 0.717) is 0 Å². The summed E-state index contributed by atoms with van der Waals surface area (Å²) in [6.45, 7) is 0.852. The van der Waals surface area contributed by atoms with Crippen LogP contribution in [-0.2, 0) is 13.5 Å². The largest absolute Gasteiger partial charge is 0.273 e. The summed E-state index contributed by atoms with van der Waals surface area (Å²) in [6.07, 6.45) is 3.89. The van der Waals surface area contributed by atoms with Gasteiger partial charge < -0.3 is 0 Å². The van der Waals surface area contributed by atoms with E-state index in [0.717, 1.165) is 19.4 Å². The van der Waals surface area contributed by atoms with Crippen LogP contribution in [0.2, 0.25) is 0 Å². The van der Waals surface area contributed by atoms with Crippen LogP contribution in [0, 0.1) is 0 Å². The summed E-state index contributed by atoms with van der Waals surface area (Å²) in [5, 5.41) is 4.06. The molecule has 4 nitrogen and oxygen atoms in total. The van der Waals surface area contributed by atoms with Gasteiger partial charge in [0, 0.05) is 25.5 Å². The molecule has 11 heavy (non-hydrogen) atoms. The Balaban J connectivity index is 2.32. The molecule has 62 valence electrons. The molecule has 0 aliphatic heterocycles. The molecule has 0 saturated heterocycles. The first-order chi connectivity index (χ1) is 5.34. The number of hydrogen-bond acceptors (Lipinski definition) is 3. The van der Waals surface area contributed by atoms with Gasteiger partial charge in [-0.15, -0.1) is 0 Å². The smallest absolute Gasteiger partial charge is 0.0492 e. The van der Waals surface area contributed by atoms with Crippen LogP contribution >= 0.6 is 0 Å². The summed E-state index contributed by atoms with van der Waals surface area (Å²) in [5.74, 6) is 5.13. The maximum Gasteiger partial charge on any atom is 0.0492 e. The van der Waals surface area contributed by atoms with Crippen LogP contribution in [0.15, 0.2) is 12.3 Å². The number of nitrogens with zero attached hydrogens (tertiary/aromatic N) is 2. The summed E-state index contributed by atoms with van der Waals surface area (Å²) >= 11 is 0. The van der Waals surface area contributed by atoms with E-state index in [4.69, 9.17) is 5.84 Å².